The van der Waals surface area contributed by atoms with Gasteiger partial charge in [0.1, 0.15) is 16.9 Å². The number of halogens is 3. The van der Waals surface area contributed by atoms with Crippen LogP contribution in [-0.4, -0.2) is 52.6 Å². The first kappa shape index (κ1) is 27.5. The molecule has 2 aliphatic heterocycles. The number of nitrogens with one attached hydrogen (secondary N) is 1. The summed E-state index contributed by atoms with van der Waals surface area (Å²) in [7, 11) is 0. The number of alkyl halides is 2. The summed E-state index contributed by atoms with van der Waals surface area (Å²) in [6.45, 7) is 1.62. The highest BCUT2D eigenvalue weighted by atomic mass is 35.5. The number of hydrogen-bond donors (Lipinski definition) is 2. The number of carbonyl (C=O) groups is 2. The van der Waals surface area contributed by atoms with Crippen LogP contribution in [0.1, 0.15) is 59.3 Å². The van der Waals surface area contributed by atoms with Crippen molar-refractivity contribution < 1.29 is 23.5 Å². The first-order chi connectivity index (χ1) is 19.8. The van der Waals surface area contributed by atoms with Crippen molar-refractivity contribution in [1.82, 2.24) is 15.3 Å². The SMILES string of the molecule is O=C(N[C@H]1CC[C@H](CN2C(=O)C3(CN(c4ccc(CO)cn4)C3)c3ccccc32)CC1)c1cc(Cl)cnc1C(F)F. The predicted molar refractivity (Wildman–Crippen MR) is 150 cm³/mol. The third kappa shape index (κ3) is 5.04. The van der Waals surface area contributed by atoms with E-state index < -0.39 is 23.4 Å². The Hall–Kier alpha value is -3.63. The summed E-state index contributed by atoms with van der Waals surface area (Å²) in [5.74, 6) is 0.541. The highest BCUT2D eigenvalue weighted by Crippen LogP contribution is 2.48. The molecule has 0 radical (unpaired) electrons. The summed E-state index contributed by atoms with van der Waals surface area (Å²) in [5.41, 5.74) is 1.35. The number of aliphatic hydroxyl groups is 1. The smallest absolute Gasteiger partial charge is 0.281 e. The third-order valence-corrected chi connectivity index (χ3v) is 8.77. The van der Waals surface area contributed by atoms with Crippen molar-refractivity contribution in [2.75, 3.05) is 29.4 Å². The van der Waals surface area contributed by atoms with Crippen molar-refractivity contribution >= 4 is 34.9 Å². The first-order valence-electron chi connectivity index (χ1n) is 13.8. The van der Waals surface area contributed by atoms with Crippen LogP contribution in [0.25, 0.3) is 0 Å². The van der Waals surface area contributed by atoms with Gasteiger partial charge in [0.15, 0.2) is 0 Å². The molecule has 1 saturated heterocycles. The van der Waals surface area contributed by atoms with E-state index in [1.807, 2.05) is 41.3 Å². The van der Waals surface area contributed by atoms with E-state index in [2.05, 4.69) is 20.2 Å². The molecule has 11 heteroatoms. The molecule has 2 aromatic heterocycles. The molecule has 0 unspecified atom stereocenters. The Bertz CT molecular complexity index is 1460. The van der Waals surface area contributed by atoms with Gasteiger partial charge in [0.05, 0.1) is 17.2 Å². The van der Waals surface area contributed by atoms with Gasteiger partial charge in [-0.05, 0) is 60.9 Å². The monoisotopic (exact) mass is 581 g/mol. The average Bonchev–Trinajstić information content (AvgIpc) is 3.20. The molecule has 8 nitrogen and oxygen atoms in total. The van der Waals surface area contributed by atoms with Crippen molar-refractivity contribution in [3.63, 3.8) is 0 Å². The highest BCUT2D eigenvalue weighted by molar-refractivity contribution is 6.30. The summed E-state index contributed by atoms with van der Waals surface area (Å²) in [5, 5.41) is 12.3. The van der Waals surface area contributed by atoms with Crippen LogP contribution in [0, 0.1) is 5.92 Å². The quantitative estimate of drug-likeness (QED) is 0.421. The number of aliphatic hydroxyl groups excluding tert-OH is 1. The molecule has 2 N–H and O–H groups in total. The molecule has 1 saturated carbocycles. The fraction of sp³-hybridized carbons (Fsp3) is 0.400. The second-order valence-corrected chi connectivity index (χ2v) is 11.6. The van der Waals surface area contributed by atoms with E-state index in [0.717, 1.165) is 41.7 Å². The fourth-order valence-electron chi connectivity index (χ4n) is 6.36. The molecule has 3 aromatic rings. The Morgan fingerprint density at radius 3 is 2.54 bits per heavy atom. The van der Waals surface area contributed by atoms with Crippen molar-refractivity contribution in [3.05, 3.63) is 82.3 Å². The number of fused-ring (bicyclic) bond motifs is 2. The molecule has 6 rings (SSSR count). The number of para-hydroxylation sites is 1. The van der Waals surface area contributed by atoms with E-state index in [1.54, 1.807) is 6.20 Å². The lowest BCUT2D eigenvalue weighted by Gasteiger charge is -2.47. The zero-order valence-corrected chi connectivity index (χ0v) is 23.0. The number of nitrogens with zero attached hydrogens (tertiary/aromatic N) is 4. The van der Waals surface area contributed by atoms with E-state index in [0.29, 0.717) is 32.5 Å². The molecular formula is C30H30ClF2N5O3. The molecule has 2 fully saturated rings. The van der Waals surface area contributed by atoms with E-state index in [4.69, 9.17) is 11.6 Å². The summed E-state index contributed by atoms with van der Waals surface area (Å²) in [6, 6.07) is 12.8. The number of aromatic nitrogens is 2. The first-order valence-corrected chi connectivity index (χ1v) is 14.1. The fourth-order valence-corrected chi connectivity index (χ4v) is 6.52. The number of pyridine rings is 2. The Balaban J connectivity index is 1.09. The lowest BCUT2D eigenvalue weighted by atomic mass is 9.74. The zero-order chi connectivity index (χ0) is 28.7. The Kier molecular flexibility index (Phi) is 7.37. The lowest BCUT2D eigenvalue weighted by molar-refractivity contribution is -0.124. The Labute approximate surface area is 241 Å². The van der Waals surface area contributed by atoms with Crippen LogP contribution >= 0.6 is 11.6 Å². The van der Waals surface area contributed by atoms with E-state index in [9.17, 15) is 23.5 Å². The molecule has 1 spiro atoms. The minimum absolute atomic E-state index is 0.0642. The minimum atomic E-state index is -2.88. The van der Waals surface area contributed by atoms with E-state index in [1.165, 1.54) is 6.07 Å². The molecule has 4 heterocycles. The van der Waals surface area contributed by atoms with Crippen molar-refractivity contribution in [1.29, 1.82) is 0 Å². The van der Waals surface area contributed by atoms with E-state index >= 15 is 0 Å². The van der Waals surface area contributed by atoms with E-state index in [-0.39, 0.29) is 35.1 Å². The van der Waals surface area contributed by atoms with Crippen LogP contribution in [0.5, 0.6) is 0 Å². The molecular weight excluding hydrogens is 552 g/mol. The molecule has 214 valence electrons. The summed E-state index contributed by atoms with van der Waals surface area (Å²) >= 11 is 5.91. The molecule has 2 amide bonds. The molecule has 0 atom stereocenters. The second kappa shape index (κ2) is 11.0. The summed E-state index contributed by atoms with van der Waals surface area (Å²) in [4.78, 5) is 38.8. The maximum atomic E-state index is 13.9. The van der Waals surface area contributed by atoms with Gasteiger partial charge < -0.3 is 20.2 Å². The van der Waals surface area contributed by atoms with Gasteiger partial charge in [0.2, 0.25) is 5.91 Å². The van der Waals surface area contributed by atoms with Crippen LogP contribution in [0.4, 0.5) is 20.3 Å². The molecule has 0 bridgehead atoms. The normalized spacial score (nSPS) is 21.2. The number of carbonyl (C=O) groups excluding carboxylic acids is 2. The topological polar surface area (TPSA) is 98.7 Å². The zero-order valence-electron chi connectivity index (χ0n) is 22.3. The Morgan fingerprint density at radius 1 is 1.10 bits per heavy atom. The standard InChI is InChI=1S/C30H30ClF2N5O3/c31-20-11-22(26(27(32)33)35-13-20)28(40)36-21-8-5-18(6-9-21)14-38-24-4-2-1-3-23(24)30(29(38)41)16-37(17-30)25-10-7-19(15-39)12-34-25/h1-4,7,10-13,18,21,27,39H,5-6,8-9,14-17H2,(H,36,40)/t18-,21-. The third-order valence-electron chi connectivity index (χ3n) is 8.56. The van der Waals surface area contributed by atoms with Gasteiger partial charge in [0.25, 0.3) is 12.3 Å². The van der Waals surface area contributed by atoms with Gasteiger partial charge in [-0.15, -0.1) is 0 Å². The largest absolute Gasteiger partial charge is 0.392 e. The second-order valence-electron chi connectivity index (χ2n) is 11.1. The Morgan fingerprint density at radius 2 is 1.85 bits per heavy atom. The average molecular weight is 582 g/mol. The van der Waals surface area contributed by atoms with Gasteiger partial charge >= 0.3 is 0 Å². The van der Waals surface area contributed by atoms with Crippen LogP contribution in [0.3, 0.4) is 0 Å². The van der Waals surface area contributed by atoms with Gasteiger partial charge in [-0.2, -0.15) is 0 Å². The van der Waals surface area contributed by atoms with Gasteiger partial charge in [-0.25, -0.2) is 13.8 Å². The van der Waals surface area contributed by atoms with Crippen molar-refractivity contribution in [2.45, 2.75) is 50.2 Å². The maximum absolute atomic E-state index is 13.9. The highest BCUT2D eigenvalue weighted by Gasteiger charge is 2.58. The predicted octanol–water partition coefficient (Wildman–Crippen LogP) is 4.65. The van der Waals surface area contributed by atoms with Crippen molar-refractivity contribution in [2.24, 2.45) is 5.92 Å². The van der Waals surface area contributed by atoms with Gasteiger partial charge in [-0.1, -0.05) is 35.9 Å². The van der Waals surface area contributed by atoms with Crippen LogP contribution < -0.4 is 15.1 Å². The molecule has 1 aromatic carbocycles. The lowest BCUT2D eigenvalue weighted by Crippen LogP contribution is -2.64. The number of hydrogen-bond acceptors (Lipinski definition) is 6. The summed E-state index contributed by atoms with van der Waals surface area (Å²) < 4.78 is 26.7. The summed E-state index contributed by atoms with van der Waals surface area (Å²) in [6.07, 6.45) is 2.86. The van der Waals surface area contributed by atoms with Crippen molar-refractivity contribution in [3.8, 4) is 0 Å². The number of rotatable bonds is 7. The number of benzene rings is 1. The molecule has 41 heavy (non-hydrogen) atoms. The minimum Gasteiger partial charge on any atom is -0.392 e. The van der Waals surface area contributed by atoms with Crippen LogP contribution in [0.2, 0.25) is 5.02 Å². The van der Waals surface area contributed by atoms with Crippen LogP contribution in [0.15, 0.2) is 54.9 Å². The van der Waals surface area contributed by atoms with Gasteiger partial charge in [0, 0.05) is 43.8 Å². The van der Waals surface area contributed by atoms with Crippen LogP contribution in [-0.2, 0) is 16.8 Å². The molecule has 1 aliphatic carbocycles. The van der Waals surface area contributed by atoms with Gasteiger partial charge in [-0.3, -0.25) is 14.6 Å². The maximum Gasteiger partial charge on any atom is 0.281 e. The number of amides is 2. The number of anilines is 2. The molecule has 3 aliphatic rings.